The molecule has 1 aliphatic heterocycles. The fraction of sp³-hybridized carbons (Fsp3) is 0.179. The molecule has 0 spiro atoms. The van der Waals surface area contributed by atoms with E-state index in [-0.39, 0.29) is 17.1 Å². The zero-order chi connectivity index (χ0) is 43.0. The summed E-state index contributed by atoms with van der Waals surface area (Å²) in [5.41, 5.74) is 0.00386. The number of hydrogen-bond donors (Lipinski definition) is 4. The molecule has 0 amide bonds. The predicted molar refractivity (Wildman–Crippen MR) is 223 cm³/mol. The maximum atomic E-state index is 13.5. The molecule has 22 heteroatoms. The quantitative estimate of drug-likeness (QED) is 0.0511. The number of rotatable bonds is 17. The number of ether oxygens (including phenoxy) is 2. The fourth-order valence-electron chi connectivity index (χ4n) is 7.03. The van der Waals surface area contributed by atoms with Crippen molar-refractivity contribution in [1.29, 1.82) is 0 Å². The smallest absolute Gasteiger partial charge is 0.487 e. The van der Waals surface area contributed by atoms with E-state index in [0.29, 0.717) is 16.8 Å². The second-order valence-corrected chi connectivity index (χ2v) is 20.5. The first-order valence-electron chi connectivity index (χ1n) is 18.4. The first-order chi connectivity index (χ1) is 29.0. The molecule has 6 aromatic carbocycles. The minimum Gasteiger partial charge on any atom is -0.487 e. The van der Waals surface area contributed by atoms with Gasteiger partial charge in [-0.05, 0) is 63.3 Å². The molecule has 0 aliphatic carbocycles. The van der Waals surface area contributed by atoms with E-state index in [1.54, 1.807) is 66.7 Å². The van der Waals surface area contributed by atoms with Gasteiger partial charge in [0.25, 0.3) is 0 Å². The Morgan fingerprint density at radius 3 is 2.05 bits per heavy atom. The van der Waals surface area contributed by atoms with Crippen molar-refractivity contribution in [1.82, 2.24) is 9.55 Å². The Kier molecular flexibility index (Phi) is 12.0. The zero-order valence-electron chi connectivity index (χ0n) is 31.6. The highest BCUT2D eigenvalue weighted by Gasteiger charge is 2.45. The van der Waals surface area contributed by atoms with Gasteiger partial charge in [0.1, 0.15) is 30.0 Å². The molecule has 1 aromatic heterocycles. The molecule has 7 aromatic rings. The molecule has 318 valence electrons. The lowest BCUT2D eigenvalue weighted by molar-refractivity contribution is -0.0412. The lowest BCUT2D eigenvalue weighted by Gasteiger charge is -2.22. The van der Waals surface area contributed by atoms with Gasteiger partial charge in [-0.1, -0.05) is 84.9 Å². The second kappa shape index (κ2) is 17.1. The summed E-state index contributed by atoms with van der Waals surface area (Å²) in [5, 5.41) is 7.65. The van der Waals surface area contributed by atoms with Crippen molar-refractivity contribution in [2.45, 2.75) is 29.8 Å². The Hall–Kier alpha value is -4.84. The number of hydrogen-bond acceptors (Lipinski definition) is 14. The Balaban J connectivity index is 0.893. The minimum atomic E-state index is -5.93. The molecule has 4 N–H and O–H groups in total. The van der Waals surface area contributed by atoms with E-state index < -0.39 is 76.4 Å². The van der Waals surface area contributed by atoms with Gasteiger partial charge < -0.3 is 29.5 Å². The summed E-state index contributed by atoms with van der Waals surface area (Å²) in [6.45, 7) is -1.80. The van der Waals surface area contributed by atoms with E-state index in [4.69, 9.17) is 14.0 Å². The topological polar surface area (TPSA) is 248 Å². The average molecular weight is 912 g/mol. The van der Waals surface area contributed by atoms with Gasteiger partial charge in [-0.25, -0.2) is 26.9 Å². The SMILES string of the molecule is O=c1nc(Nc2ccccc2)ccn1[C@H]1CC(Oc2ccccc2)[C@@H](COP(=O)(O)OP(=O)(O)OP(=O)(O)OCCS(=O)(=O)c2ccc3ccc4cccc5ccc2c3c45)O1. The highest BCUT2D eigenvalue weighted by Crippen LogP contribution is 2.67. The normalized spacial score (nSPS) is 20.0. The van der Waals surface area contributed by atoms with Crippen LogP contribution in [0.25, 0.3) is 32.3 Å². The number of phosphoric acid groups is 3. The van der Waals surface area contributed by atoms with E-state index >= 15 is 0 Å². The van der Waals surface area contributed by atoms with Crippen molar-refractivity contribution < 1.29 is 63.9 Å². The summed E-state index contributed by atoms with van der Waals surface area (Å²) in [6, 6.07) is 35.0. The number of nitrogens with one attached hydrogen (secondary N) is 1. The lowest BCUT2D eigenvalue weighted by Crippen LogP contribution is -2.31. The molecule has 0 bridgehead atoms. The van der Waals surface area contributed by atoms with Crippen LogP contribution in [0.2, 0.25) is 0 Å². The van der Waals surface area contributed by atoms with Crippen LogP contribution < -0.4 is 15.7 Å². The number of aromatic nitrogens is 2. The molecule has 1 aliphatic rings. The molecular formula is C39H36N3O15P3S. The van der Waals surface area contributed by atoms with Gasteiger partial charge in [-0.2, -0.15) is 13.6 Å². The van der Waals surface area contributed by atoms with Crippen LogP contribution in [0.15, 0.2) is 137 Å². The average Bonchev–Trinajstić information content (AvgIpc) is 3.60. The van der Waals surface area contributed by atoms with E-state index in [1.165, 1.54) is 16.8 Å². The molecule has 0 radical (unpaired) electrons. The number of para-hydroxylation sites is 2. The maximum Gasteiger partial charge on any atom is 0.490 e. The molecule has 2 heterocycles. The maximum absolute atomic E-state index is 13.5. The summed E-state index contributed by atoms with van der Waals surface area (Å²) in [7, 11) is -21.3. The van der Waals surface area contributed by atoms with Gasteiger partial charge in [0.2, 0.25) is 0 Å². The van der Waals surface area contributed by atoms with Crippen molar-refractivity contribution >= 4 is 77.1 Å². The van der Waals surface area contributed by atoms with E-state index in [1.807, 2.05) is 48.5 Å². The summed E-state index contributed by atoms with van der Waals surface area (Å²) >= 11 is 0. The van der Waals surface area contributed by atoms with Crippen LogP contribution in [0.1, 0.15) is 12.6 Å². The van der Waals surface area contributed by atoms with Crippen LogP contribution in [-0.2, 0) is 45.9 Å². The fourth-order valence-corrected chi connectivity index (χ4v) is 12.0. The molecule has 1 fully saturated rings. The van der Waals surface area contributed by atoms with Gasteiger partial charge in [-0.3, -0.25) is 13.6 Å². The minimum absolute atomic E-state index is 0.0195. The van der Waals surface area contributed by atoms with Gasteiger partial charge >= 0.3 is 29.2 Å². The monoisotopic (exact) mass is 911 g/mol. The third-order valence-corrected chi connectivity index (χ3v) is 15.7. The Labute approximate surface area is 347 Å². The number of sulfone groups is 1. The van der Waals surface area contributed by atoms with Crippen molar-refractivity contribution in [3.63, 3.8) is 0 Å². The van der Waals surface area contributed by atoms with Gasteiger partial charge in [0.05, 0.1) is 23.9 Å². The van der Waals surface area contributed by atoms with E-state index in [2.05, 4.69) is 23.4 Å². The first-order valence-corrected chi connectivity index (χ1v) is 24.6. The molecule has 6 atom stereocenters. The molecule has 61 heavy (non-hydrogen) atoms. The number of anilines is 2. The van der Waals surface area contributed by atoms with Crippen LogP contribution in [0, 0.1) is 0 Å². The Bertz CT molecular complexity index is 3020. The highest BCUT2D eigenvalue weighted by atomic mass is 32.2. The third kappa shape index (κ3) is 9.95. The predicted octanol–water partition coefficient (Wildman–Crippen LogP) is 7.46. The van der Waals surface area contributed by atoms with Crippen LogP contribution in [0.3, 0.4) is 0 Å². The van der Waals surface area contributed by atoms with Crippen molar-refractivity contribution in [2.24, 2.45) is 0 Å². The number of benzene rings is 6. The molecule has 1 saturated heterocycles. The van der Waals surface area contributed by atoms with Crippen LogP contribution >= 0.6 is 23.5 Å². The lowest BCUT2D eigenvalue weighted by atomic mass is 9.94. The van der Waals surface area contributed by atoms with Gasteiger partial charge in [0.15, 0.2) is 9.84 Å². The van der Waals surface area contributed by atoms with Crippen molar-refractivity contribution in [3.05, 3.63) is 138 Å². The summed E-state index contributed by atoms with van der Waals surface area (Å²) in [5.74, 6) is -0.206. The Morgan fingerprint density at radius 2 is 1.36 bits per heavy atom. The number of phosphoric ester groups is 2. The summed E-state index contributed by atoms with van der Waals surface area (Å²) in [6.07, 6.45) is -1.65. The zero-order valence-corrected chi connectivity index (χ0v) is 35.1. The van der Waals surface area contributed by atoms with E-state index in [0.717, 1.165) is 26.9 Å². The second-order valence-electron chi connectivity index (χ2n) is 13.8. The van der Waals surface area contributed by atoms with Crippen molar-refractivity contribution in [2.75, 3.05) is 24.3 Å². The van der Waals surface area contributed by atoms with Crippen LogP contribution in [0.5, 0.6) is 5.75 Å². The molecule has 8 rings (SSSR count). The van der Waals surface area contributed by atoms with Crippen LogP contribution in [0.4, 0.5) is 11.5 Å². The van der Waals surface area contributed by atoms with E-state index in [9.17, 15) is 41.6 Å². The largest absolute Gasteiger partial charge is 0.490 e. The first kappa shape index (κ1) is 42.8. The third-order valence-electron chi connectivity index (χ3n) is 9.64. The standard InChI is InChI=1S/C39H36N3O15P3S/c43-39-41-35(40-29-10-3-1-4-11-29)20-21-42(39)36-24-32(54-30-12-5-2-6-13-30)33(55-36)25-53-59(46,47)57-60(48,49)56-58(44,45)52-22-23-61(50,51)34-19-17-28-15-14-26-8-7-9-27-16-18-31(34)38(28)37(26)27/h1-21,32-33,36H,22-25H2,(H,44,45)(H,46,47)(H,48,49)(H,40,41,43)/t32?,33-,36-/m1/s1. The van der Waals surface area contributed by atoms with Crippen molar-refractivity contribution in [3.8, 4) is 5.75 Å². The number of nitrogens with zero attached hydrogens (tertiary/aromatic N) is 2. The van der Waals surface area contributed by atoms with Crippen LogP contribution in [-0.4, -0.2) is 63.8 Å². The molecule has 0 saturated carbocycles. The van der Waals surface area contributed by atoms with Gasteiger partial charge in [0, 0.05) is 23.7 Å². The molecule has 4 unspecified atom stereocenters. The Morgan fingerprint density at radius 1 is 0.738 bits per heavy atom. The van der Waals surface area contributed by atoms with Gasteiger partial charge in [-0.15, -0.1) is 0 Å². The molecule has 18 nitrogen and oxygen atoms in total. The summed E-state index contributed by atoms with van der Waals surface area (Å²) in [4.78, 5) is 47.9. The highest BCUT2D eigenvalue weighted by molar-refractivity contribution is 7.91. The molecular weight excluding hydrogens is 875 g/mol. The summed E-state index contributed by atoms with van der Waals surface area (Å²) < 4.78 is 96.6.